The Morgan fingerprint density at radius 2 is 1.89 bits per heavy atom. The molecular formula is C15H15ClN2S. The van der Waals surface area contributed by atoms with Gasteiger partial charge in [-0.2, -0.15) is 0 Å². The molecule has 0 atom stereocenters. The van der Waals surface area contributed by atoms with Crippen molar-refractivity contribution in [3.63, 3.8) is 0 Å². The van der Waals surface area contributed by atoms with Gasteiger partial charge in [-0.1, -0.05) is 53.6 Å². The molecule has 0 aromatic heterocycles. The van der Waals surface area contributed by atoms with Gasteiger partial charge < -0.3 is 11.1 Å². The molecular weight excluding hydrogens is 276 g/mol. The highest BCUT2D eigenvalue weighted by Gasteiger charge is 2.04. The molecule has 0 heterocycles. The van der Waals surface area contributed by atoms with E-state index in [1.165, 1.54) is 11.1 Å². The summed E-state index contributed by atoms with van der Waals surface area (Å²) < 4.78 is 0. The molecule has 0 aliphatic carbocycles. The van der Waals surface area contributed by atoms with Crippen LogP contribution in [0.2, 0.25) is 5.02 Å². The monoisotopic (exact) mass is 290 g/mol. The number of benzene rings is 2. The molecule has 2 rings (SSSR count). The fourth-order valence-electron chi connectivity index (χ4n) is 1.73. The summed E-state index contributed by atoms with van der Waals surface area (Å²) in [5.41, 5.74) is 9.71. The van der Waals surface area contributed by atoms with Gasteiger partial charge in [-0.3, -0.25) is 0 Å². The Balaban J connectivity index is 2.06. The summed E-state index contributed by atoms with van der Waals surface area (Å²) in [6.07, 6.45) is 0. The van der Waals surface area contributed by atoms with E-state index in [1.807, 2.05) is 18.2 Å². The maximum absolute atomic E-state index is 6.12. The van der Waals surface area contributed by atoms with Gasteiger partial charge in [0, 0.05) is 17.8 Å². The van der Waals surface area contributed by atoms with Gasteiger partial charge in [-0.15, -0.1) is 0 Å². The molecule has 98 valence electrons. The second-order valence-electron chi connectivity index (χ2n) is 4.40. The van der Waals surface area contributed by atoms with E-state index in [0.717, 1.165) is 12.2 Å². The number of hydrogen-bond donors (Lipinski definition) is 2. The second kappa shape index (κ2) is 6.04. The number of aryl methyl sites for hydroxylation is 1. The van der Waals surface area contributed by atoms with E-state index in [2.05, 4.69) is 36.5 Å². The Morgan fingerprint density at radius 1 is 1.21 bits per heavy atom. The molecule has 0 amide bonds. The van der Waals surface area contributed by atoms with Gasteiger partial charge >= 0.3 is 0 Å². The standard InChI is InChI=1S/C15H15ClN2S/c1-10-2-4-11(5-3-10)9-18-12-6-7-13(15(17)19)14(16)8-12/h2-8,18H,9H2,1H3,(H2,17,19). The van der Waals surface area contributed by atoms with E-state index >= 15 is 0 Å². The van der Waals surface area contributed by atoms with Crippen LogP contribution >= 0.6 is 23.8 Å². The SMILES string of the molecule is Cc1ccc(CNc2ccc(C(N)=S)c(Cl)c2)cc1. The lowest BCUT2D eigenvalue weighted by Crippen LogP contribution is -2.10. The van der Waals surface area contributed by atoms with Crippen molar-refractivity contribution in [1.82, 2.24) is 0 Å². The minimum absolute atomic E-state index is 0.315. The maximum Gasteiger partial charge on any atom is 0.105 e. The zero-order valence-corrected chi connectivity index (χ0v) is 12.2. The predicted octanol–water partition coefficient (Wildman–Crippen LogP) is 3.89. The van der Waals surface area contributed by atoms with Crippen LogP contribution in [0.1, 0.15) is 16.7 Å². The minimum Gasteiger partial charge on any atom is -0.389 e. The van der Waals surface area contributed by atoms with Gasteiger partial charge in [-0.05, 0) is 30.7 Å². The van der Waals surface area contributed by atoms with Crippen LogP contribution in [0, 0.1) is 6.92 Å². The van der Waals surface area contributed by atoms with E-state index in [4.69, 9.17) is 29.6 Å². The second-order valence-corrected chi connectivity index (χ2v) is 5.25. The van der Waals surface area contributed by atoms with Gasteiger partial charge in [0.05, 0.1) is 5.02 Å². The molecule has 2 nitrogen and oxygen atoms in total. The van der Waals surface area contributed by atoms with Crippen LogP contribution in [0.5, 0.6) is 0 Å². The van der Waals surface area contributed by atoms with Crippen molar-refractivity contribution < 1.29 is 0 Å². The van der Waals surface area contributed by atoms with Crippen LogP contribution in [0.3, 0.4) is 0 Å². The first-order chi connectivity index (χ1) is 9.06. The predicted molar refractivity (Wildman–Crippen MR) is 85.8 cm³/mol. The van der Waals surface area contributed by atoms with Crippen molar-refractivity contribution in [3.05, 3.63) is 64.2 Å². The number of hydrogen-bond acceptors (Lipinski definition) is 2. The Kier molecular flexibility index (Phi) is 4.40. The molecule has 0 radical (unpaired) electrons. The Bertz CT molecular complexity index is 594. The van der Waals surface area contributed by atoms with E-state index < -0.39 is 0 Å². The minimum atomic E-state index is 0.315. The molecule has 0 unspecified atom stereocenters. The fourth-order valence-corrected chi connectivity index (χ4v) is 2.25. The van der Waals surface area contributed by atoms with Crippen molar-refractivity contribution in [1.29, 1.82) is 0 Å². The average molecular weight is 291 g/mol. The molecule has 0 fully saturated rings. The third kappa shape index (κ3) is 3.69. The summed E-state index contributed by atoms with van der Waals surface area (Å²) in [6, 6.07) is 14.0. The van der Waals surface area contributed by atoms with Gasteiger partial charge in [0.25, 0.3) is 0 Å². The first-order valence-electron chi connectivity index (χ1n) is 5.95. The molecule has 4 heteroatoms. The molecule has 19 heavy (non-hydrogen) atoms. The van der Waals surface area contributed by atoms with Gasteiger partial charge in [0.1, 0.15) is 4.99 Å². The van der Waals surface area contributed by atoms with Gasteiger partial charge in [0.15, 0.2) is 0 Å². The summed E-state index contributed by atoms with van der Waals surface area (Å²) >= 11 is 11.0. The Labute approximate surface area is 123 Å². The van der Waals surface area contributed by atoms with Crippen LogP contribution in [-0.4, -0.2) is 4.99 Å². The van der Waals surface area contributed by atoms with Gasteiger partial charge in [0.2, 0.25) is 0 Å². The third-order valence-electron chi connectivity index (χ3n) is 2.85. The molecule has 2 aromatic carbocycles. The number of anilines is 1. The summed E-state index contributed by atoms with van der Waals surface area (Å²) in [6.45, 7) is 2.83. The summed E-state index contributed by atoms with van der Waals surface area (Å²) in [7, 11) is 0. The maximum atomic E-state index is 6.12. The molecule has 2 aromatic rings. The topological polar surface area (TPSA) is 38.0 Å². The number of nitrogens with one attached hydrogen (secondary N) is 1. The highest BCUT2D eigenvalue weighted by molar-refractivity contribution is 7.80. The van der Waals surface area contributed by atoms with Crippen LogP contribution in [0.15, 0.2) is 42.5 Å². The molecule has 0 saturated carbocycles. The normalized spacial score (nSPS) is 10.2. The Morgan fingerprint density at radius 3 is 2.47 bits per heavy atom. The van der Waals surface area contributed by atoms with Crippen molar-refractivity contribution in [2.24, 2.45) is 5.73 Å². The summed E-state index contributed by atoms with van der Waals surface area (Å²) in [5.74, 6) is 0. The van der Waals surface area contributed by atoms with E-state index in [0.29, 0.717) is 15.6 Å². The molecule has 0 aliphatic rings. The third-order valence-corrected chi connectivity index (χ3v) is 3.38. The molecule has 0 bridgehead atoms. The lowest BCUT2D eigenvalue weighted by molar-refractivity contribution is 1.14. The highest BCUT2D eigenvalue weighted by atomic mass is 35.5. The van der Waals surface area contributed by atoms with Crippen LogP contribution in [0.4, 0.5) is 5.69 Å². The number of halogens is 1. The zero-order valence-electron chi connectivity index (χ0n) is 10.6. The zero-order chi connectivity index (χ0) is 13.8. The number of nitrogens with two attached hydrogens (primary N) is 1. The first-order valence-corrected chi connectivity index (χ1v) is 6.73. The number of thiocarbonyl (C=S) groups is 1. The van der Waals surface area contributed by atoms with E-state index in [1.54, 1.807) is 0 Å². The van der Waals surface area contributed by atoms with Crippen LogP contribution in [0.25, 0.3) is 0 Å². The van der Waals surface area contributed by atoms with E-state index in [-0.39, 0.29) is 0 Å². The lowest BCUT2D eigenvalue weighted by atomic mass is 10.1. The van der Waals surface area contributed by atoms with Crippen molar-refractivity contribution in [2.45, 2.75) is 13.5 Å². The van der Waals surface area contributed by atoms with Crippen LogP contribution in [-0.2, 0) is 6.54 Å². The first kappa shape index (κ1) is 13.8. The average Bonchev–Trinajstić information content (AvgIpc) is 2.37. The fraction of sp³-hybridized carbons (Fsp3) is 0.133. The van der Waals surface area contributed by atoms with Crippen molar-refractivity contribution in [3.8, 4) is 0 Å². The Hall–Kier alpha value is -1.58. The highest BCUT2D eigenvalue weighted by Crippen LogP contribution is 2.21. The molecule has 3 N–H and O–H groups in total. The molecule has 0 spiro atoms. The van der Waals surface area contributed by atoms with Crippen molar-refractivity contribution in [2.75, 3.05) is 5.32 Å². The quantitative estimate of drug-likeness (QED) is 0.839. The lowest BCUT2D eigenvalue weighted by Gasteiger charge is -2.09. The van der Waals surface area contributed by atoms with Crippen LogP contribution < -0.4 is 11.1 Å². The molecule has 0 saturated heterocycles. The largest absolute Gasteiger partial charge is 0.389 e. The summed E-state index contributed by atoms with van der Waals surface area (Å²) in [4.78, 5) is 0.315. The smallest absolute Gasteiger partial charge is 0.105 e. The molecule has 0 aliphatic heterocycles. The van der Waals surface area contributed by atoms with Gasteiger partial charge in [-0.25, -0.2) is 0 Å². The van der Waals surface area contributed by atoms with E-state index in [9.17, 15) is 0 Å². The summed E-state index contributed by atoms with van der Waals surface area (Å²) in [5, 5.41) is 3.89. The van der Waals surface area contributed by atoms with Crippen molar-refractivity contribution >= 4 is 34.5 Å². The number of rotatable bonds is 4.